The number of rotatable bonds is 3. The third-order valence-corrected chi connectivity index (χ3v) is 9.78. The maximum Gasteiger partial charge on any atom is -0.00826 e. The van der Waals surface area contributed by atoms with E-state index in [0.29, 0.717) is 5.41 Å². The molecule has 0 saturated heterocycles. The first-order valence-corrected chi connectivity index (χ1v) is 10.2. The van der Waals surface area contributed by atoms with Crippen molar-refractivity contribution in [3.63, 3.8) is 0 Å². The van der Waals surface area contributed by atoms with E-state index in [-0.39, 0.29) is 0 Å². The second kappa shape index (κ2) is 4.04. The van der Waals surface area contributed by atoms with Gasteiger partial charge in [0, 0.05) is 0 Å². The van der Waals surface area contributed by atoms with Gasteiger partial charge in [0.1, 0.15) is 0 Å². The molecule has 22 heavy (non-hydrogen) atoms. The van der Waals surface area contributed by atoms with Crippen molar-refractivity contribution in [1.82, 2.24) is 0 Å². The van der Waals surface area contributed by atoms with Crippen molar-refractivity contribution in [2.45, 2.75) is 66.2 Å². The van der Waals surface area contributed by atoms with Gasteiger partial charge in [0.25, 0.3) is 0 Å². The maximum absolute atomic E-state index is 4.74. The molecule has 10 unspecified atom stereocenters. The van der Waals surface area contributed by atoms with E-state index in [0.717, 1.165) is 52.8 Å². The van der Waals surface area contributed by atoms with Crippen LogP contribution in [0.3, 0.4) is 0 Å². The monoisotopic (exact) mass is 298 g/mol. The minimum Gasteiger partial charge on any atom is -0.0990 e. The molecular weight excluding hydrogens is 264 g/mol. The summed E-state index contributed by atoms with van der Waals surface area (Å²) >= 11 is 0. The lowest BCUT2D eigenvalue weighted by Gasteiger charge is -2.59. The summed E-state index contributed by atoms with van der Waals surface area (Å²) in [5, 5.41) is 0. The molecule has 0 bridgehead atoms. The highest BCUT2D eigenvalue weighted by molar-refractivity contribution is 5.41. The van der Waals surface area contributed by atoms with Crippen molar-refractivity contribution in [3.05, 3.63) is 12.2 Å². The van der Waals surface area contributed by atoms with Gasteiger partial charge < -0.3 is 0 Å². The van der Waals surface area contributed by atoms with Gasteiger partial charge in [-0.25, -0.2) is 0 Å². The van der Waals surface area contributed by atoms with Gasteiger partial charge in [0.05, 0.1) is 0 Å². The average molecular weight is 299 g/mol. The Morgan fingerprint density at radius 2 is 1.91 bits per heavy atom. The standard InChI is InChI=1S/C22H34/c1-6-7-8-15-11-22-17-9-16-12(2)10-21(16,5)14(4)18(20(17)22)19(22)13(15)3/h12-13,15-20H,4,6-11H2,1-3,5H3. The van der Waals surface area contributed by atoms with Crippen LogP contribution in [-0.2, 0) is 0 Å². The normalized spacial score (nSPS) is 63.9. The Hall–Kier alpha value is -0.260. The van der Waals surface area contributed by atoms with Crippen LogP contribution >= 0.6 is 0 Å². The van der Waals surface area contributed by atoms with Gasteiger partial charge in [-0.15, -0.1) is 0 Å². The van der Waals surface area contributed by atoms with E-state index in [9.17, 15) is 0 Å². The Labute approximate surface area is 137 Å². The predicted octanol–water partition coefficient (Wildman–Crippen LogP) is 5.93. The van der Waals surface area contributed by atoms with E-state index >= 15 is 0 Å². The summed E-state index contributed by atoms with van der Waals surface area (Å²) in [6.45, 7) is 14.8. The van der Waals surface area contributed by atoms with Gasteiger partial charge in [-0.1, -0.05) is 59.1 Å². The van der Waals surface area contributed by atoms with E-state index in [1.807, 2.05) is 0 Å². The van der Waals surface area contributed by atoms with Gasteiger partial charge in [-0.05, 0) is 77.4 Å². The first-order valence-electron chi connectivity index (χ1n) is 10.2. The molecule has 5 aliphatic carbocycles. The van der Waals surface area contributed by atoms with Crippen LogP contribution in [0.25, 0.3) is 0 Å². The Morgan fingerprint density at radius 1 is 1.14 bits per heavy atom. The van der Waals surface area contributed by atoms with E-state index < -0.39 is 0 Å². The first kappa shape index (κ1) is 14.1. The van der Waals surface area contributed by atoms with E-state index in [1.165, 1.54) is 25.7 Å². The minimum atomic E-state index is 0.519. The molecule has 0 radical (unpaired) electrons. The smallest absolute Gasteiger partial charge is 0.00826 e. The van der Waals surface area contributed by atoms with Crippen molar-refractivity contribution in [3.8, 4) is 0 Å². The van der Waals surface area contributed by atoms with Crippen molar-refractivity contribution in [2.75, 3.05) is 0 Å². The molecule has 0 nitrogen and oxygen atoms in total. The summed E-state index contributed by atoms with van der Waals surface area (Å²) in [4.78, 5) is 0. The fraction of sp³-hybridized carbons (Fsp3) is 0.909. The predicted molar refractivity (Wildman–Crippen MR) is 92.3 cm³/mol. The van der Waals surface area contributed by atoms with Gasteiger partial charge in [-0.2, -0.15) is 0 Å². The summed E-state index contributed by atoms with van der Waals surface area (Å²) in [6, 6.07) is 0. The second-order valence-corrected chi connectivity index (χ2v) is 10.2. The van der Waals surface area contributed by atoms with E-state index in [2.05, 4.69) is 27.7 Å². The molecule has 0 heteroatoms. The Kier molecular flexibility index (Phi) is 2.59. The van der Waals surface area contributed by atoms with Crippen LogP contribution in [0.4, 0.5) is 0 Å². The summed E-state index contributed by atoms with van der Waals surface area (Å²) in [6.07, 6.45) is 8.92. The molecule has 0 aliphatic heterocycles. The van der Waals surface area contributed by atoms with Crippen LogP contribution in [0, 0.1) is 58.2 Å². The van der Waals surface area contributed by atoms with Crippen molar-refractivity contribution >= 4 is 0 Å². The molecule has 1 spiro atoms. The van der Waals surface area contributed by atoms with Crippen LogP contribution < -0.4 is 0 Å². The van der Waals surface area contributed by atoms with Crippen LogP contribution in [0.1, 0.15) is 66.2 Å². The van der Waals surface area contributed by atoms with Crippen molar-refractivity contribution < 1.29 is 0 Å². The average Bonchev–Trinajstić information content (AvgIpc) is 2.91. The zero-order valence-corrected chi connectivity index (χ0v) is 15.1. The fourth-order valence-corrected chi connectivity index (χ4v) is 8.82. The topological polar surface area (TPSA) is 0 Å². The second-order valence-electron chi connectivity index (χ2n) is 10.2. The van der Waals surface area contributed by atoms with Crippen LogP contribution in [0.5, 0.6) is 0 Å². The molecule has 10 atom stereocenters. The van der Waals surface area contributed by atoms with Gasteiger partial charge in [0.2, 0.25) is 0 Å². The van der Waals surface area contributed by atoms with Crippen molar-refractivity contribution in [2.24, 2.45) is 58.2 Å². The summed E-state index contributed by atoms with van der Waals surface area (Å²) in [5.41, 5.74) is 3.05. The number of fused-ring (bicyclic) bond motifs is 2. The third kappa shape index (κ3) is 1.27. The molecule has 0 amide bonds. The van der Waals surface area contributed by atoms with Gasteiger partial charge in [-0.3, -0.25) is 0 Å². The van der Waals surface area contributed by atoms with Crippen molar-refractivity contribution in [1.29, 1.82) is 0 Å². The highest BCUT2D eigenvalue weighted by Crippen LogP contribution is 2.91. The summed E-state index contributed by atoms with van der Waals surface area (Å²) in [7, 11) is 0. The summed E-state index contributed by atoms with van der Waals surface area (Å²) in [5.74, 6) is 8.09. The Morgan fingerprint density at radius 3 is 2.59 bits per heavy atom. The molecule has 0 aromatic rings. The lowest BCUT2D eigenvalue weighted by atomic mass is 9.46. The molecule has 5 fully saturated rings. The lowest BCUT2D eigenvalue weighted by Crippen LogP contribution is -2.51. The van der Waals surface area contributed by atoms with Crippen LogP contribution in [0.2, 0.25) is 0 Å². The highest BCUT2D eigenvalue weighted by Gasteiger charge is 2.86. The Bertz CT molecular complexity index is 532. The highest BCUT2D eigenvalue weighted by atomic mass is 14.9. The molecule has 122 valence electrons. The minimum absolute atomic E-state index is 0.519. The summed E-state index contributed by atoms with van der Waals surface area (Å²) < 4.78 is 0. The first-order chi connectivity index (χ1) is 10.5. The Balaban J connectivity index is 1.46. The molecule has 0 aromatic heterocycles. The zero-order chi connectivity index (χ0) is 15.4. The molecule has 5 rings (SSSR count). The van der Waals surface area contributed by atoms with Gasteiger partial charge >= 0.3 is 0 Å². The molecule has 0 aromatic carbocycles. The molecule has 5 saturated carbocycles. The van der Waals surface area contributed by atoms with Crippen LogP contribution in [-0.4, -0.2) is 0 Å². The van der Waals surface area contributed by atoms with Gasteiger partial charge in [0.15, 0.2) is 0 Å². The fourth-order valence-electron chi connectivity index (χ4n) is 8.82. The molecule has 5 aliphatic rings. The quantitative estimate of drug-likeness (QED) is 0.566. The number of allylic oxidation sites excluding steroid dienone is 1. The van der Waals surface area contributed by atoms with E-state index in [1.54, 1.807) is 18.4 Å². The lowest BCUT2D eigenvalue weighted by molar-refractivity contribution is -0.0328. The maximum atomic E-state index is 4.74. The SMILES string of the molecule is C=C1C2C3C(C)C(CCCC)CC34C(CC3C(C)CC13C)C24. The molecule has 0 N–H and O–H groups in total. The number of hydrogen-bond donors (Lipinski definition) is 0. The van der Waals surface area contributed by atoms with Crippen LogP contribution in [0.15, 0.2) is 12.2 Å². The molecule has 0 heterocycles. The van der Waals surface area contributed by atoms with E-state index in [4.69, 9.17) is 6.58 Å². The third-order valence-electron chi connectivity index (χ3n) is 9.78. The largest absolute Gasteiger partial charge is 0.0990 e. The number of hydrogen-bond acceptors (Lipinski definition) is 0. The number of unbranched alkanes of at least 4 members (excludes halogenated alkanes) is 1. The zero-order valence-electron chi connectivity index (χ0n) is 15.1. The molecular formula is C22H34.